The lowest BCUT2D eigenvalue weighted by molar-refractivity contribution is -0.136. The lowest BCUT2D eigenvalue weighted by Gasteiger charge is -2.32. The number of carbonyl (C=O) groups is 1. The third-order valence-electron chi connectivity index (χ3n) is 3.94. The summed E-state index contributed by atoms with van der Waals surface area (Å²) in [6.45, 7) is 5.76. The van der Waals surface area contributed by atoms with Crippen molar-refractivity contribution in [2.45, 2.75) is 64.5 Å². The fourth-order valence-electron chi connectivity index (χ4n) is 2.87. The van der Waals surface area contributed by atoms with Crippen LogP contribution in [0.1, 0.15) is 52.4 Å². The average Bonchev–Trinajstić information content (AvgIpc) is 2.60. The number of likely N-dealkylation sites (tertiary alicyclic amines) is 1. The van der Waals surface area contributed by atoms with E-state index in [0.717, 1.165) is 25.8 Å². The van der Waals surface area contributed by atoms with Gasteiger partial charge in [0.15, 0.2) is 0 Å². The normalized spacial score (nSPS) is 22.4. The van der Waals surface area contributed by atoms with Gasteiger partial charge in [-0.05, 0) is 25.2 Å². The summed E-state index contributed by atoms with van der Waals surface area (Å²) in [4.78, 5) is 14.6. The molecule has 1 saturated heterocycles. The Bertz CT molecular complexity index is 265. The van der Waals surface area contributed by atoms with Crippen LogP contribution in [0.2, 0.25) is 0 Å². The molecule has 0 radical (unpaired) electrons. The minimum absolute atomic E-state index is 0.143. The minimum Gasteiger partial charge on any atom is -0.380 e. The number of nitrogens with zero attached hydrogens (tertiary/aromatic N) is 1. The number of amides is 1. The summed E-state index contributed by atoms with van der Waals surface area (Å²) in [5.74, 6) is 0.844. The summed E-state index contributed by atoms with van der Waals surface area (Å²) in [6.07, 6.45) is 6.13. The van der Waals surface area contributed by atoms with Crippen LogP contribution in [-0.2, 0) is 9.53 Å². The van der Waals surface area contributed by atoms with E-state index < -0.39 is 0 Å². The van der Waals surface area contributed by atoms with Gasteiger partial charge in [-0.2, -0.15) is 0 Å². The van der Waals surface area contributed by atoms with E-state index in [4.69, 9.17) is 10.5 Å². The fourth-order valence-corrected chi connectivity index (χ4v) is 2.87. The highest BCUT2D eigenvalue weighted by atomic mass is 16.5. The lowest BCUT2D eigenvalue weighted by atomic mass is 9.98. The summed E-state index contributed by atoms with van der Waals surface area (Å²) in [7, 11) is 1.62. The Morgan fingerprint density at radius 3 is 2.68 bits per heavy atom. The van der Waals surface area contributed by atoms with Gasteiger partial charge in [-0.15, -0.1) is 0 Å². The highest BCUT2D eigenvalue weighted by Gasteiger charge is 2.27. The van der Waals surface area contributed by atoms with Gasteiger partial charge >= 0.3 is 0 Å². The molecule has 0 saturated carbocycles. The van der Waals surface area contributed by atoms with Crippen LogP contribution in [0.25, 0.3) is 0 Å². The first kappa shape index (κ1) is 16.4. The van der Waals surface area contributed by atoms with Gasteiger partial charge in [0.05, 0.1) is 12.5 Å². The Balaban J connectivity index is 2.64. The highest BCUT2D eigenvalue weighted by Crippen LogP contribution is 2.23. The topological polar surface area (TPSA) is 55.6 Å². The molecule has 112 valence electrons. The molecular weight excluding hydrogens is 240 g/mol. The zero-order valence-electron chi connectivity index (χ0n) is 12.7. The van der Waals surface area contributed by atoms with Gasteiger partial charge in [0, 0.05) is 26.2 Å². The zero-order chi connectivity index (χ0) is 14.3. The Morgan fingerprint density at radius 1 is 1.37 bits per heavy atom. The molecule has 0 aromatic heterocycles. The molecular formula is C15H30N2O2. The van der Waals surface area contributed by atoms with Gasteiger partial charge in [-0.25, -0.2) is 0 Å². The Kier molecular flexibility index (Phi) is 7.39. The van der Waals surface area contributed by atoms with Crippen LogP contribution in [-0.4, -0.2) is 43.2 Å². The number of rotatable bonds is 6. The smallest absolute Gasteiger partial charge is 0.225 e. The van der Waals surface area contributed by atoms with E-state index in [9.17, 15) is 4.79 Å². The molecule has 1 rings (SSSR count). The van der Waals surface area contributed by atoms with Gasteiger partial charge in [0.2, 0.25) is 5.91 Å². The molecule has 1 amide bonds. The van der Waals surface area contributed by atoms with Crippen LogP contribution in [0.3, 0.4) is 0 Å². The lowest BCUT2D eigenvalue weighted by Crippen LogP contribution is -2.43. The summed E-state index contributed by atoms with van der Waals surface area (Å²) in [5.41, 5.74) is 5.61. The number of ether oxygens (including phenoxy) is 1. The van der Waals surface area contributed by atoms with Crippen LogP contribution in [0, 0.1) is 5.92 Å². The molecule has 2 unspecified atom stereocenters. The second-order valence-corrected chi connectivity index (χ2v) is 6.02. The standard InChI is InChI=1S/C15H30N2O2/c1-12(2)9-13-7-5-4-6-8-17(13)15(18)10-14(11-16)19-3/h12-14H,4-11,16H2,1-3H3. The van der Waals surface area contributed by atoms with Crippen molar-refractivity contribution in [2.75, 3.05) is 20.2 Å². The largest absolute Gasteiger partial charge is 0.380 e. The van der Waals surface area contributed by atoms with E-state index in [1.165, 1.54) is 12.8 Å². The second kappa shape index (κ2) is 8.54. The van der Waals surface area contributed by atoms with Crippen LogP contribution >= 0.6 is 0 Å². The van der Waals surface area contributed by atoms with Crippen LogP contribution in [0.4, 0.5) is 0 Å². The number of hydrogen-bond donors (Lipinski definition) is 1. The van der Waals surface area contributed by atoms with E-state index in [2.05, 4.69) is 18.7 Å². The summed E-state index contributed by atoms with van der Waals surface area (Å²) in [5, 5.41) is 0. The maximum Gasteiger partial charge on any atom is 0.225 e. The molecule has 4 heteroatoms. The fraction of sp³-hybridized carbons (Fsp3) is 0.933. The van der Waals surface area contributed by atoms with Crippen molar-refractivity contribution in [3.8, 4) is 0 Å². The first-order chi connectivity index (χ1) is 9.08. The SMILES string of the molecule is COC(CN)CC(=O)N1CCCCCC1CC(C)C. The van der Waals surface area contributed by atoms with E-state index in [1.54, 1.807) is 7.11 Å². The Hall–Kier alpha value is -0.610. The zero-order valence-corrected chi connectivity index (χ0v) is 12.7. The van der Waals surface area contributed by atoms with Crippen LogP contribution in [0.15, 0.2) is 0 Å². The molecule has 1 aliphatic rings. The van der Waals surface area contributed by atoms with E-state index >= 15 is 0 Å². The van der Waals surface area contributed by atoms with E-state index in [0.29, 0.717) is 24.9 Å². The highest BCUT2D eigenvalue weighted by molar-refractivity contribution is 5.77. The van der Waals surface area contributed by atoms with Crippen molar-refractivity contribution in [1.29, 1.82) is 0 Å². The molecule has 1 fully saturated rings. The first-order valence-electron chi connectivity index (χ1n) is 7.60. The molecule has 0 bridgehead atoms. The second-order valence-electron chi connectivity index (χ2n) is 6.02. The molecule has 0 aromatic carbocycles. The summed E-state index contributed by atoms with van der Waals surface area (Å²) in [6, 6.07) is 0.408. The third-order valence-corrected chi connectivity index (χ3v) is 3.94. The van der Waals surface area contributed by atoms with Gasteiger partial charge in [0.1, 0.15) is 0 Å². The van der Waals surface area contributed by atoms with Crippen molar-refractivity contribution >= 4 is 5.91 Å². The Labute approximate surface area is 117 Å². The third kappa shape index (κ3) is 5.49. The Morgan fingerprint density at radius 2 is 2.11 bits per heavy atom. The molecule has 1 heterocycles. The number of methoxy groups -OCH3 is 1. The van der Waals surface area contributed by atoms with Gasteiger partial charge < -0.3 is 15.4 Å². The predicted octanol–water partition coefficient (Wildman–Crippen LogP) is 2.17. The maximum absolute atomic E-state index is 12.5. The van der Waals surface area contributed by atoms with Gasteiger partial charge in [-0.3, -0.25) is 4.79 Å². The van der Waals surface area contributed by atoms with Gasteiger partial charge in [0.25, 0.3) is 0 Å². The monoisotopic (exact) mass is 270 g/mol. The average molecular weight is 270 g/mol. The molecule has 19 heavy (non-hydrogen) atoms. The number of carbonyl (C=O) groups excluding carboxylic acids is 1. The molecule has 2 atom stereocenters. The molecule has 0 aromatic rings. The predicted molar refractivity (Wildman–Crippen MR) is 77.9 cm³/mol. The minimum atomic E-state index is -0.143. The van der Waals surface area contributed by atoms with Crippen molar-refractivity contribution < 1.29 is 9.53 Å². The van der Waals surface area contributed by atoms with Crippen molar-refractivity contribution in [3.63, 3.8) is 0 Å². The van der Waals surface area contributed by atoms with Crippen molar-refractivity contribution in [3.05, 3.63) is 0 Å². The summed E-state index contributed by atoms with van der Waals surface area (Å²) < 4.78 is 5.24. The van der Waals surface area contributed by atoms with Crippen LogP contribution in [0.5, 0.6) is 0 Å². The summed E-state index contributed by atoms with van der Waals surface area (Å²) >= 11 is 0. The molecule has 1 aliphatic heterocycles. The van der Waals surface area contributed by atoms with Crippen molar-refractivity contribution in [2.24, 2.45) is 11.7 Å². The molecule has 4 nitrogen and oxygen atoms in total. The molecule has 0 spiro atoms. The molecule has 0 aliphatic carbocycles. The maximum atomic E-state index is 12.5. The number of nitrogens with two attached hydrogens (primary N) is 1. The van der Waals surface area contributed by atoms with E-state index in [1.807, 2.05) is 0 Å². The van der Waals surface area contributed by atoms with Crippen LogP contribution < -0.4 is 5.73 Å². The van der Waals surface area contributed by atoms with E-state index in [-0.39, 0.29) is 12.0 Å². The van der Waals surface area contributed by atoms with Crippen molar-refractivity contribution in [1.82, 2.24) is 4.90 Å². The molecule has 2 N–H and O–H groups in total. The quantitative estimate of drug-likeness (QED) is 0.804. The number of hydrogen-bond acceptors (Lipinski definition) is 3. The van der Waals surface area contributed by atoms with Gasteiger partial charge in [-0.1, -0.05) is 26.7 Å². The first-order valence-corrected chi connectivity index (χ1v) is 7.60.